The van der Waals surface area contributed by atoms with Gasteiger partial charge in [-0.25, -0.2) is 0 Å². The van der Waals surface area contributed by atoms with Crippen LogP contribution in [-0.2, 0) is 0 Å². The molecule has 2 N–H and O–H groups in total. The zero-order valence-electron chi connectivity index (χ0n) is 8.93. The quantitative estimate of drug-likeness (QED) is 0.462. The summed E-state index contributed by atoms with van der Waals surface area (Å²) in [6, 6.07) is 14.3. The molecule has 0 heterocycles. The number of nitrogens with one attached hydrogen (secondary N) is 1. The molecule has 0 bridgehead atoms. The van der Waals surface area contributed by atoms with Crippen molar-refractivity contribution in [3.8, 4) is 0 Å². The second-order valence-corrected chi connectivity index (χ2v) is 3.46. The molecule has 0 unspecified atom stereocenters. The Bertz CT molecular complexity index is 489. The number of nitrogens with zero attached hydrogens (tertiary/aromatic N) is 1. The van der Waals surface area contributed by atoms with Crippen molar-refractivity contribution in [2.75, 3.05) is 13.2 Å². The molecule has 0 fully saturated rings. The minimum atomic E-state index is 0.0902. The Kier molecular flexibility index (Phi) is 3.51. The lowest BCUT2D eigenvalue weighted by Crippen LogP contribution is -2.11. The summed E-state index contributed by atoms with van der Waals surface area (Å²) in [7, 11) is 0. The van der Waals surface area contributed by atoms with E-state index in [1.54, 1.807) is 6.21 Å². The average molecular weight is 214 g/mol. The normalized spacial score (nSPS) is 11.1. The smallest absolute Gasteiger partial charge is 0.0620 e. The van der Waals surface area contributed by atoms with E-state index in [2.05, 4.69) is 28.7 Å². The van der Waals surface area contributed by atoms with Gasteiger partial charge in [0.05, 0.1) is 19.4 Å². The number of hydrazone groups is 1. The maximum atomic E-state index is 8.60. The first-order valence-corrected chi connectivity index (χ1v) is 5.26. The molecule has 82 valence electrons. The topological polar surface area (TPSA) is 44.6 Å². The van der Waals surface area contributed by atoms with Crippen LogP contribution in [0.3, 0.4) is 0 Å². The van der Waals surface area contributed by atoms with Crippen LogP contribution in [0.25, 0.3) is 10.8 Å². The van der Waals surface area contributed by atoms with Crippen molar-refractivity contribution in [1.29, 1.82) is 0 Å². The molecule has 0 aromatic heterocycles. The number of aliphatic hydroxyl groups is 1. The number of aliphatic hydroxyl groups excluding tert-OH is 1. The molecule has 16 heavy (non-hydrogen) atoms. The first kappa shape index (κ1) is 10.6. The van der Waals surface area contributed by atoms with E-state index in [1.165, 1.54) is 10.8 Å². The molecule has 0 aliphatic heterocycles. The minimum Gasteiger partial charge on any atom is -0.394 e. The summed E-state index contributed by atoms with van der Waals surface area (Å²) < 4.78 is 0. The van der Waals surface area contributed by atoms with Crippen molar-refractivity contribution in [2.24, 2.45) is 5.10 Å². The van der Waals surface area contributed by atoms with Gasteiger partial charge >= 0.3 is 0 Å². The highest BCUT2D eigenvalue weighted by Gasteiger charge is 1.96. The molecule has 3 heteroatoms. The highest BCUT2D eigenvalue weighted by molar-refractivity contribution is 5.99. The van der Waals surface area contributed by atoms with Crippen LogP contribution >= 0.6 is 0 Å². The van der Waals surface area contributed by atoms with Crippen molar-refractivity contribution >= 4 is 17.0 Å². The van der Waals surface area contributed by atoms with Gasteiger partial charge in [0.2, 0.25) is 0 Å². The summed E-state index contributed by atoms with van der Waals surface area (Å²) in [5, 5.41) is 15.0. The van der Waals surface area contributed by atoms with E-state index in [-0.39, 0.29) is 6.61 Å². The Labute approximate surface area is 94.4 Å². The number of fused-ring (bicyclic) bond motifs is 1. The fourth-order valence-corrected chi connectivity index (χ4v) is 1.59. The van der Waals surface area contributed by atoms with Crippen LogP contribution in [0.15, 0.2) is 47.6 Å². The van der Waals surface area contributed by atoms with E-state index in [4.69, 9.17) is 5.11 Å². The van der Waals surface area contributed by atoms with Gasteiger partial charge in [-0.15, -0.1) is 0 Å². The van der Waals surface area contributed by atoms with Crippen LogP contribution in [0.4, 0.5) is 0 Å². The summed E-state index contributed by atoms with van der Waals surface area (Å²) in [6.45, 7) is 0.564. The molecule has 0 amide bonds. The monoisotopic (exact) mass is 214 g/mol. The van der Waals surface area contributed by atoms with Crippen molar-refractivity contribution in [3.05, 3.63) is 48.0 Å². The highest BCUT2D eigenvalue weighted by Crippen LogP contribution is 2.16. The zero-order valence-corrected chi connectivity index (χ0v) is 8.93. The Morgan fingerprint density at radius 3 is 2.81 bits per heavy atom. The van der Waals surface area contributed by atoms with E-state index in [0.29, 0.717) is 6.54 Å². The van der Waals surface area contributed by atoms with Gasteiger partial charge in [0.25, 0.3) is 0 Å². The maximum absolute atomic E-state index is 8.60. The average Bonchev–Trinajstić information content (AvgIpc) is 2.35. The Morgan fingerprint density at radius 2 is 1.94 bits per heavy atom. The molecule has 0 saturated carbocycles. The summed E-state index contributed by atoms with van der Waals surface area (Å²) in [4.78, 5) is 0. The van der Waals surface area contributed by atoms with Gasteiger partial charge in [-0.3, -0.25) is 0 Å². The predicted molar refractivity (Wildman–Crippen MR) is 66.6 cm³/mol. The van der Waals surface area contributed by atoms with Gasteiger partial charge in [-0.05, 0) is 10.8 Å². The maximum Gasteiger partial charge on any atom is 0.0620 e. The van der Waals surface area contributed by atoms with Crippen LogP contribution in [0, 0.1) is 0 Å². The molecule has 0 spiro atoms. The second kappa shape index (κ2) is 5.28. The molecule has 2 rings (SSSR count). The molecule has 2 aromatic rings. The fraction of sp³-hybridized carbons (Fsp3) is 0.154. The lowest BCUT2D eigenvalue weighted by molar-refractivity contribution is 0.294. The number of hydrogen-bond acceptors (Lipinski definition) is 3. The Morgan fingerprint density at radius 1 is 1.12 bits per heavy atom. The molecule has 3 nitrogen and oxygen atoms in total. The molecule has 0 atom stereocenters. The van der Waals surface area contributed by atoms with Gasteiger partial charge in [-0.1, -0.05) is 42.5 Å². The van der Waals surface area contributed by atoms with Gasteiger partial charge in [0.15, 0.2) is 0 Å². The fourth-order valence-electron chi connectivity index (χ4n) is 1.59. The van der Waals surface area contributed by atoms with Crippen LogP contribution in [0.1, 0.15) is 5.56 Å². The first-order chi connectivity index (χ1) is 7.92. The summed E-state index contributed by atoms with van der Waals surface area (Å²) in [5.74, 6) is 0. The third-order valence-corrected chi connectivity index (χ3v) is 2.34. The Hall–Kier alpha value is -1.87. The number of rotatable bonds is 4. The van der Waals surface area contributed by atoms with Crippen molar-refractivity contribution in [1.82, 2.24) is 5.43 Å². The number of benzene rings is 2. The second-order valence-electron chi connectivity index (χ2n) is 3.46. The van der Waals surface area contributed by atoms with Crippen LogP contribution in [-0.4, -0.2) is 24.5 Å². The van der Waals surface area contributed by atoms with E-state index in [9.17, 15) is 0 Å². The van der Waals surface area contributed by atoms with E-state index in [1.807, 2.05) is 24.3 Å². The van der Waals surface area contributed by atoms with E-state index < -0.39 is 0 Å². The predicted octanol–water partition coefficient (Wildman–Crippen LogP) is 1.76. The molecule has 2 aromatic carbocycles. The lowest BCUT2D eigenvalue weighted by Gasteiger charge is -2.01. The third-order valence-electron chi connectivity index (χ3n) is 2.34. The number of hydrogen-bond donors (Lipinski definition) is 2. The molecular formula is C13H14N2O. The van der Waals surface area contributed by atoms with Crippen molar-refractivity contribution < 1.29 is 5.11 Å². The van der Waals surface area contributed by atoms with Gasteiger partial charge in [0.1, 0.15) is 0 Å². The third kappa shape index (κ3) is 2.38. The zero-order chi connectivity index (χ0) is 11.2. The largest absolute Gasteiger partial charge is 0.394 e. The molecular weight excluding hydrogens is 200 g/mol. The van der Waals surface area contributed by atoms with Gasteiger partial charge in [0, 0.05) is 5.56 Å². The summed E-state index contributed by atoms with van der Waals surface area (Å²) >= 11 is 0. The molecule has 0 aliphatic carbocycles. The SMILES string of the molecule is OCCNN=Cc1cccc2ccccc12. The minimum absolute atomic E-state index is 0.0902. The van der Waals surface area contributed by atoms with Crippen LogP contribution < -0.4 is 5.43 Å². The standard InChI is InChI=1S/C13H14N2O/c16-9-8-14-15-10-12-6-3-5-11-4-1-2-7-13(11)12/h1-7,10,14,16H,8-9H2. The molecule has 0 aliphatic rings. The van der Waals surface area contributed by atoms with Gasteiger partial charge in [-0.2, -0.15) is 5.10 Å². The van der Waals surface area contributed by atoms with E-state index in [0.717, 1.165) is 5.56 Å². The van der Waals surface area contributed by atoms with Crippen LogP contribution in [0.2, 0.25) is 0 Å². The van der Waals surface area contributed by atoms with Crippen LogP contribution in [0.5, 0.6) is 0 Å². The van der Waals surface area contributed by atoms with Gasteiger partial charge < -0.3 is 10.5 Å². The molecule has 0 saturated heterocycles. The first-order valence-electron chi connectivity index (χ1n) is 5.26. The highest BCUT2D eigenvalue weighted by atomic mass is 16.3. The lowest BCUT2D eigenvalue weighted by atomic mass is 10.1. The summed E-state index contributed by atoms with van der Waals surface area (Å²) in [6.07, 6.45) is 1.78. The Balaban J connectivity index is 2.27. The van der Waals surface area contributed by atoms with Crippen molar-refractivity contribution in [3.63, 3.8) is 0 Å². The van der Waals surface area contributed by atoms with Crippen molar-refractivity contribution in [2.45, 2.75) is 0 Å². The van der Waals surface area contributed by atoms with E-state index >= 15 is 0 Å². The summed E-state index contributed by atoms with van der Waals surface area (Å²) in [5.41, 5.74) is 3.84. The molecule has 0 radical (unpaired) electrons.